The molecule has 5 nitrogen and oxygen atoms in total. The smallest absolute Gasteiger partial charge is 0.337 e. The first-order chi connectivity index (χ1) is 8.65. The summed E-state index contributed by atoms with van der Waals surface area (Å²) in [5, 5.41) is 20.7. The van der Waals surface area contributed by atoms with Crippen LogP contribution < -0.4 is 5.32 Å². The highest BCUT2D eigenvalue weighted by Gasteiger charge is 2.09. The monoisotopic (exact) mass is 290 g/mol. The quantitative estimate of drug-likeness (QED) is 0.635. The van der Waals surface area contributed by atoms with Gasteiger partial charge in [0, 0.05) is 25.1 Å². The third kappa shape index (κ3) is 5.12. The van der Waals surface area contributed by atoms with Crippen molar-refractivity contribution < 1.29 is 15.0 Å². The largest absolute Gasteiger partial charge is 0.478 e. The molecule has 0 radical (unpaired) electrons. The molecule has 3 N–H and O–H groups in total. The molecule has 100 valence electrons. The fourth-order valence-electron chi connectivity index (χ4n) is 1.22. The van der Waals surface area contributed by atoms with Gasteiger partial charge >= 0.3 is 5.97 Å². The van der Waals surface area contributed by atoms with Crippen LogP contribution in [0.15, 0.2) is 12.3 Å². The van der Waals surface area contributed by atoms with Crippen LogP contribution in [0.25, 0.3) is 0 Å². The van der Waals surface area contributed by atoms with Crippen molar-refractivity contribution in [1.29, 1.82) is 0 Å². The maximum absolute atomic E-state index is 10.9. The molecule has 1 heterocycles. The van der Waals surface area contributed by atoms with Crippen LogP contribution >= 0.6 is 23.4 Å². The standard InChI is InChI=1S/C11H15ClN2O3S/c12-9-7-14-10(6-8(9)11(16)17)13-2-5-18-4-1-3-15/h6-7,15H,1-5H2,(H,13,14)(H,16,17). The Labute approximate surface area is 115 Å². The van der Waals surface area contributed by atoms with Crippen molar-refractivity contribution in [2.24, 2.45) is 0 Å². The van der Waals surface area contributed by atoms with E-state index in [4.69, 9.17) is 21.8 Å². The van der Waals surface area contributed by atoms with Gasteiger partial charge in [-0.15, -0.1) is 0 Å². The molecule has 0 amide bonds. The highest BCUT2D eigenvalue weighted by Crippen LogP contribution is 2.17. The van der Waals surface area contributed by atoms with Crippen molar-refractivity contribution >= 4 is 35.1 Å². The number of hydrogen-bond acceptors (Lipinski definition) is 5. The number of carboxylic acids is 1. The normalized spacial score (nSPS) is 10.3. The molecule has 0 unspecified atom stereocenters. The molecule has 0 saturated carbocycles. The lowest BCUT2D eigenvalue weighted by atomic mass is 10.2. The lowest BCUT2D eigenvalue weighted by molar-refractivity contribution is 0.0697. The molecule has 1 rings (SSSR count). The van der Waals surface area contributed by atoms with E-state index in [1.807, 2.05) is 0 Å². The van der Waals surface area contributed by atoms with Gasteiger partial charge in [0.05, 0.1) is 10.6 Å². The average Bonchev–Trinajstić information content (AvgIpc) is 2.35. The van der Waals surface area contributed by atoms with Crippen LogP contribution in [0.1, 0.15) is 16.8 Å². The fraction of sp³-hybridized carbons (Fsp3) is 0.455. The van der Waals surface area contributed by atoms with Gasteiger partial charge in [-0.05, 0) is 18.2 Å². The van der Waals surface area contributed by atoms with E-state index in [9.17, 15) is 4.79 Å². The number of halogens is 1. The van der Waals surface area contributed by atoms with E-state index in [1.54, 1.807) is 11.8 Å². The number of nitrogens with one attached hydrogen (secondary N) is 1. The van der Waals surface area contributed by atoms with Gasteiger partial charge in [-0.1, -0.05) is 11.6 Å². The lowest BCUT2D eigenvalue weighted by Crippen LogP contribution is -2.08. The SMILES string of the molecule is O=C(O)c1cc(NCCSCCCO)ncc1Cl. The van der Waals surface area contributed by atoms with Crippen LogP contribution in [0.3, 0.4) is 0 Å². The molecule has 0 aliphatic heterocycles. The number of carboxylic acid groups (broad SMARTS) is 1. The molecule has 7 heteroatoms. The summed E-state index contributed by atoms with van der Waals surface area (Å²) in [6.45, 7) is 0.894. The van der Waals surface area contributed by atoms with Gasteiger partial charge < -0.3 is 15.5 Å². The lowest BCUT2D eigenvalue weighted by Gasteiger charge is -2.06. The second-order valence-corrected chi connectivity index (χ2v) is 5.10. The van der Waals surface area contributed by atoms with Crippen LogP contribution in [0, 0.1) is 0 Å². The van der Waals surface area contributed by atoms with Gasteiger partial charge in [-0.3, -0.25) is 0 Å². The first-order valence-corrected chi connectivity index (χ1v) is 6.99. The number of aromatic nitrogens is 1. The van der Waals surface area contributed by atoms with Crippen molar-refractivity contribution in [3.05, 3.63) is 22.8 Å². The van der Waals surface area contributed by atoms with Gasteiger partial charge in [-0.25, -0.2) is 9.78 Å². The zero-order chi connectivity index (χ0) is 13.4. The number of aromatic carboxylic acids is 1. The average molecular weight is 291 g/mol. The van der Waals surface area contributed by atoms with E-state index in [0.717, 1.165) is 17.9 Å². The Bertz CT molecular complexity index is 404. The topological polar surface area (TPSA) is 82.5 Å². The Balaban J connectivity index is 2.38. The summed E-state index contributed by atoms with van der Waals surface area (Å²) in [5.74, 6) is 1.21. The summed E-state index contributed by atoms with van der Waals surface area (Å²) in [6, 6.07) is 1.42. The van der Waals surface area contributed by atoms with Gasteiger partial charge in [-0.2, -0.15) is 11.8 Å². The molecule has 1 aromatic heterocycles. The third-order valence-corrected chi connectivity index (χ3v) is 3.46. The first-order valence-electron chi connectivity index (χ1n) is 5.46. The predicted molar refractivity (Wildman–Crippen MR) is 73.7 cm³/mol. The van der Waals surface area contributed by atoms with Gasteiger partial charge in [0.15, 0.2) is 0 Å². The summed E-state index contributed by atoms with van der Waals surface area (Å²) >= 11 is 7.43. The van der Waals surface area contributed by atoms with Gasteiger partial charge in [0.2, 0.25) is 0 Å². The Morgan fingerprint density at radius 1 is 1.50 bits per heavy atom. The molecule has 0 spiro atoms. The van der Waals surface area contributed by atoms with E-state index in [0.29, 0.717) is 12.4 Å². The van der Waals surface area contributed by atoms with Crippen LogP contribution in [0.5, 0.6) is 0 Å². The van der Waals surface area contributed by atoms with E-state index < -0.39 is 5.97 Å². The highest BCUT2D eigenvalue weighted by atomic mass is 35.5. The number of aliphatic hydroxyl groups excluding tert-OH is 1. The van der Waals surface area contributed by atoms with E-state index >= 15 is 0 Å². The minimum Gasteiger partial charge on any atom is -0.478 e. The summed E-state index contributed by atoms with van der Waals surface area (Å²) in [4.78, 5) is 14.9. The second-order valence-electron chi connectivity index (χ2n) is 3.47. The van der Waals surface area contributed by atoms with Gasteiger partial charge in [0.25, 0.3) is 0 Å². The molecular formula is C11H15ClN2O3S. The van der Waals surface area contributed by atoms with Crippen molar-refractivity contribution in [3.8, 4) is 0 Å². The Morgan fingerprint density at radius 3 is 2.94 bits per heavy atom. The third-order valence-electron chi connectivity index (χ3n) is 2.09. The number of rotatable bonds is 8. The molecule has 0 aromatic carbocycles. The second kappa shape index (κ2) is 8.18. The molecule has 0 aliphatic rings. The fourth-order valence-corrected chi connectivity index (χ4v) is 2.19. The van der Waals surface area contributed by atoms with Crippen molar-refractivity contribution in [3.63, 3.8) is 0 Å². The first kappa shape index (κ1) is 15.1. The number of thioether (sulfide) groups is 1. The van der Waals surface area contributed by atoms with Crippen LogP contribution in [-0.4, -0.2) is 45.8 Å². The van der Waals surface area contributed by atoms with E-state index in [-0.39, 0.29) is 17.2 Å². The molecule has 0 aliphatic carbocycles. The molecule has 0 saturated heterocycles. The summed E-state index contributed by atoms with van der Waals surface area (Å²) in [7, 11) is 0. The molecular weight excluding hydrogens is 276 g/mol. The van der Waals surface area contributed by atoms with Crippen molar-refractivity contribution in [1.82, 2.24) is 4.98 Å². The van der Waals surface area contributed by atoms with Gasteiger partial charge in [0.1, 0.15) is 5.82 Å². The maximum Gasteiger partial charge on any atom is 0.337 e. The predicted octanol–water partition coefficient (Wildman–Crippen LogP) is 1.96. The van der Waals surface area contributed by atoms with Crippen LogP contribution in [-0.2, 0) is 0 Å². The maximum atomic E-state index is 10.9. The minimum atomic E-state index is -1.07. The summed E-state index contributed by atoms with van der Waals surface area (Å²) in [5.41, 5.74) is 0.0436. The summed E-state index contributed by atoms with van der Waals surface area (Å²) in [6.07, 6.45) is 2.11. The van der Waals surface area contributed by atoms with E-state index in [1.165, 1.54) is 12.3 Å². The summed E-state index contributed by atoms with van der Waals surface area (Å²) < 4.78 is 0. The molecule has 0 fully saturated rings. The molecule has 0 bridgehead atoms. The number of aliphatic hydroxyl groups is 1. The Morgan fingerprint density at radius 2 is 2.28 bits per heavy atom. The zero-order valence-electron chi connectivity index (χ0n) is 9.73. The highest BCUT2D eigenvalue weighted by molar-refractivity contribution is 7.99. The number of nitrogens with zero attached hydrogens (tertiary/aromatic N) is 1. The Kier molecular flexibility index (Phi) is 6.85. The molecule has 0 atom stereocenters. The van der Waals surface area contributed by atoms with Crippen molar-refractivity contribution in [2.75, 3.05) is 30.0 Å². The van der Waals surface area contributed by atoms with Crippen LogP contribution in [0.4, 0.5) is 5.82 Å². The number of hydrogen-bond donors (Lipinski definition) is 3. The minimum absolute atomic E-state index is 0.0436. The number of carbonyl (C=O) groups is 1. The Hall–Kier alpha value is -0.980. The van der Waals surface area contributed by atoms with E-state index in [2.05, 4.69) is 10.3 Å². The number of anilines is 1. The molecule has 1 aromatic rings. The number of pyridine rings is 1. The molecule has 18 heavy (non-hydrogen) atoms. The van der Waals surface area contributed by atoms with Crippen LogP contribution in [0.2, 0.25) is 5.02 Å². The zero-order valence-corrected chi connectivity index (χ0v) is 11.3. The van der Waals surface area contributed by atoms with Crippen molar-refractivity contribution in [2.45, 2.75) is 6.42 Å².